The molecule has 0 heterocycles. The zero-order chi connectivity index (χ0) is 27.3. The molecule has 1 aliphatic carbocycles. The first-order valence-corrected chi connectivity index (χ1v) is 13.7. The van der Waals surface area contributed by atoms with Gasteiger partial charge in [-0.25, -0.2) is 4.57 Å². The fourth-order valence-corrected chi connectivity index (χ4v) is 4.56. The Morgan fingerprint density at radius 1 is 0.806 bits per heavy atom. The minimum absolute atomic E-state index is 0.101. The zero-order valence-electron chi connectivity index (χ0n) is 21.1. The van der Waals surface area contributed by atoms with E-state index >= 15 is 0 Å². The van der Waals surface area contributed by atoms with E-state index < -0.39 is 75.7 Å². The van der Waals surface area contributed by atoms with Crippen molar-refractivity contribution in [3.8, 4) is 0 Å². The average molecular weight is 545 g/mol. The van der Waals surface area contributed by atoms with E-state index in [2.05, 4.69) is 0 Å². The van der Waals surface area contributed by atoms with Gasteiger partial charge in [0, 0.05) is 20.0 Å². The van der Waals surface area contributed by atoms with Crippen molar-refractivity contribution >= 4 is 19.8 Å². The van der Waals surface area contributed by atoms with Crippen LogP contribution in [0.1, 0.15) is 65.2 Å². The minimum atomic E-state index is -4.99. The molecule has 13 nitrogen and oxygen atoms in total. The Morgan fingerprint density at radius 2 is 1.33 bits per heavy atom. The maximum absolute atomic E-state index is 12.6. The molecular weight excluding hydrogens is 503 g/mol. The number of aliphatic hydroxyl groups is 4. The lowest BCUT2D eigenvalue weighted by atomic mass is 9.85. The van der Waals surface area contributed by atoms with Gasteiger partial charge < -0.3 is 39.5 Å². The van der Waals surface area contributed by atoms with Crippen molar-refractivity contribution in [3.05, 3.63) is 0 Å². The molecule has 1 aliphatic rings. The number of carbonyl (C=O) groups is 2. The molecule has 8 atom stereocenters. The first kappa shape index (κ1) is 32.9. The highest BCUT2D eigenvalue weighted by atomic mass is 31.2. The summed E-state index contributed by atoms with van der Waals surface area (Å²) in [5.74, 6) is -1.12. The number of methoxy groups -OCH3 is 1. The van der Waals surface area contributed by atoms with Crippen molar-refractivity contribution in [1.29, 1.82) is 0 Å². The Kier molecular flexibility index (Phi) is 15.2. The van der Waals surface area contributed by atoms with Crippen LogP contribution in [0, 0.1) is 0 Å². The molecule has 0 aromatic carbocycles. The summed E-state index contributed by atoms with van der Waals surface area (Å²) in [6.45, 7) is 2.84. The van der Waals surface area contributed by atoms with E-state index in [1.807, 2.05) is 13.8 Å². The number of phosphoric acid groups is 1. The number of rotatable bonds is 17. The van der Waals surface area contributed by atoms with Crippen molar-refractivity contribution in [3.63, 3.8) is 0 Å². The quantitative estimate of drug-likeness (QED) is 0.0968. The number of phosphoric ester groups is 1. The normalized spacial score (nSPS) is 28.8. The minimum Gasteiger partial charge on any atom is -0.462 e. The molecule has 1 rings (SSSR count). The van der Waals surface area contributed by atoms with Gasteiger partial charge in [0.05, 0.1) is 6.61 Å². The van der Waals surface area contributed by atoms with Crippen molar-refractivity contribution in [1.82, 2.24) is 0 Å². The van der Waals surface area contributed by atoms with Gasteiger partial charge in [0.25, 0.3) is 0 Å². The topological polar surface area (TPSA) is 199 Å². The summed E-state index contributed by atoms with van der Waals surface area (Å²) in [6.07, 6.45) is -6.81. The third-order valence-corrected chi connectivity index (χ3v) is 6.68. The Labute approximate surface area is 211 Å². The van der Waals surface area contributed by atoms with Crippen LogP contribution in [0.15, 0.2) is 0 Å². The van der Waals surface area contributed by atoms with Crippen LogP contribution in [0.4, 0.5) is 0 Å². The van der Waals surface area contributed by atoms with Gasteiger partial charge in [-0.05, 0) is 12.8 Å². The molecule has 0 spiro atoms. The van der Waals surface area contributed by atoms with E-state index in [1.165, 1.54) is 0 Å². The third-order valence-electron chi connectivity index (χ3n) is 5.69. The van der Waals surface area contributed by atoms with E-state index in [0.717, 1.165) is 32.8 Å². The second-order valence-electron chi connectivity index (χ2n) is 8.71. The first-order valence-electron chi connectivity index (χ1n) is 12.2. The highest BCUT2D eigenvalue weighted by molar-refractivity contribution is 7.47. The van der Waals surface area contributed by atoms with E-state index in [1.54, 1.807) is 0 Å². The fourth-order valence-electron chi connectivity index (χ4n) is 3.60. The summed E-state index contributed by atoms with van der Waals surface area (Å²) in [5.41, 5.74) is 0. The Balaban J connectivity index is 2.79. The maximum Gasteiger partial charge on any atom is 0.472 e. The van der Waals surface area contributed by atoms with Gasteiger partial charge in [-0.2, -0.15) is 0 Å². The van der Waals surface area contributed by atoms with E-state index in [4.69, 9.17) is 23.3 Å². The largest absolute Gasteiger partial charge is 0.472 e. The maximum atomic E-state index is 12.6. The SMILES string of the molecule is CCCCCC(=O)OC[C@H](COP(=O)(O)O[C@H]1[C@H](O)[C@@H](O)[C@H](O)[C@@H](O)[C@H]1OC)OC(=O)CCCCC. The van der Waals surface area contributed by atoms with Gasteiger partial charge in [0.1, 0.15) is 43.2 Å². The van der Waals surface area contributed by atoms with Crippen LogP contribution in [0.3, 0.4) is 0 Å². The number of hydrogen-bond acceptors (Lipinski definition) is 12. The van der Waals surface area contributed by atoms with Crippen molar-refractivity contribution in [2.75, 3.05) is 20.3 Å². The molecule has 1 unspecified atom stereocenters. The van der Waals surface area contributed by atoms with Crippen molar-refractivity contribution < 1.29 is 62.7 Å². The highest BCUT2D eigenvalue weighted by Gasteiger charge is 2.52. The Bertz CT molecular complexity index is 705. The lowest BCUT2D eigenvalue weighted by Gasteiger charge is -2.43. The molecule has 0 amide bonds. The molecular formula is C22H41O13P. The van der Waals surface area contributed by atoms with Crippen molar-refractivity contribution in [2.45, 2.75) is 108 Å². The molecule has 0 radical (unpaired) electrons. The van der Waals surface area contributed by atoms with Gasteiger partial charge >= 0.3 is 19.8 Å². The lowest BCUT2D eigenvalue weighted by Crippen LogP contribution is -2.64. The van der Waals surface area contributed by atoms with Gasteiger partial charge in [-0.1, -0.05) is 39.5 Å². The van der Waals surface area contributed by atoms with Gasteiger partial charge in [-0.3, -0.25) is 18.6 Å². The van der Waals surface area contributed by atoms with E-state index in [9.17, 15) is 39.5 Å². The van der Waals surface area contributed by atoms with Crippen LogP contribution in [-0.2, 0) is 37.4 Å². The molecule has 0 saturated heterocycles. The van der Waals surface area contributed by atoms with Gasteiger partial charge in [0.15, 0.2) is 6.10 Å². The zero-order valence-corrected chi connectivity index (χ0v) is 22.0. The van der Waals surface area contributed by atoms with Crippen LogP contribution in [0.2, 0.25) is 0 Å². The molecule has 0 bridgehead atoms. The summed E-state index contributed by atoms with van der Waals surface area (Å²) in [7, 11) is -3.89. The molecule has 0 aromatic rings. The molecule has 5 N–H and O–H groups in total. The van der Waals surface area contributed by atoms with Crippen LogP contribution in [0.5, 0.6) is 0 Å². The lowest BCUT2D eigenvalue weighted by molar-refractivity contribution is -0.226. The summed E-state index contributed by atoms with van der Waals surface area (Å²) in [4.78, 5) is 34.3. The smallest absolute Gasteiger partial charge is 0.462 e. The number of esters is 2. The Hall–Kier alpha value is -1.15. The molecule has 212 valence electrons. The summed E-state index contributed by atoms with van der Waals surface area (Å²) < 4.78 is 37.8. The molecule has 36 heavy (non-hydrogen) atoms. The summed E-state index contributed by atoms with van der Waals surface area (Å²) >= 11 is 0. The number of hydrogen-bond donors (Lipinski definition) is 5. The Morgan fingerprint density at radius 3 is 1.86 bits per heavy atom. The molecule has 1 fully saturated rings. The number of carbonyl (C=O) groups excluding carboxylic acids is 2. The van der Waals surface area contributed by atoms with Crippen LogP contribution in [-0.4, -0.2) is 100 Å². The van der Waals surface area contributed by atoms with Gasteiger partial charge in [0.2, 0.25) is 0 Å². The average Bonchev–Trinajstić information content (AvgIpc) is 2.83. The van der Waals surface area contributed by atoms with Crippen LogP contribution >= 0.6 is 7.82 Å². The highest BCUT2D eigenvalue weighted by Crippen LogP contribution is 2.47. The first-order chi connectivity index (χ1) is 17.0. The third kappa shape index (κ3) is 11.1. The standard InChI is InChI=1S/C22H41O13P/c1-4-6-8-10-15(23)32-12-14(34-16(24)11-9-7-5-2)13-33-36(29,30)35-22-20(28)18(26)17(25)19(27)21(22)31-3/h14,17-22,25-28H,4-13H2,1-3H3,(H,29,30)/t14-,17+,18+,19-,20-,21-,22+/m1/s1. The van der Waals surface area contributed by atoms with E-state index in [0.29, 0.717) is 12.8 Å². The van der Waals surface area contributed by atoms with Crippen LogP contribution in [0.25, 0.3) is 0 Å². The van der Waals surface area contributed by atoms with Crippen molar-refractivity contribution in [2.24, 2.45) is 0 Å². The second-order valence-corrected chi connectivity index (χ2v) is 10.1. The molecule has 0 aliphatic heterocycles. The fraction of sp³-hybridized carbons (Fsp3) is 0.909. The second kappa shape index (κ2) is 16.6. The molecule has 1 saturated carbocycles. The molecule has 14 heteroatoms. The van der Waals surface area contributed by atoms with Gasteiger partial charge in [-0.15, -0.1) is 0 Å². The molecule has 0 aromatic heterocycles. The predicted molar refractivity (Wildman–Crippen MR) is 125 cm³/mol. The number of aliphatic hydroxyl groups excluding tert-OH is 4. The monoisotopic (exact) mass is 544 g/mol. The van der Waals surface area contributed by atoms with Crippen LogP contribution < -0.4 is 0 Å². The predicted octanol–water partition coefficient (Wildman–Crippen LogP) is 0.576. The number of ether oxygens (including phenoxy) is 3. The summed E-state index contributed by atoms with van der Waals surface area (Å²) in [5, 5.41) is 39.9. The summed E-state index contributed by atoms with van der Waals surface area (Å²) in [6, 6.07) is 0. The van der Waals surface area contributed by atoms with E-state index in [-0.39, 0.29) is 12.8 Å². The number of unbranched alkanes of at least 4 members (excludes halogenated alkanes) is 4.